The Hall–Kier alpha value is -3.76. The predicted octanol–water partition coefficient (Wildman–Crippen LogP) is 3.25. The van der Waals surface area contributed by atoms with E-state index in [9.17, 15) is 27.6 Å². The number of hydrogen-bond donors (Lipinski definition) is 1. The van der Waals surface area contributed by atoms with E-state index < -0.39 is 42.2 Å². The van der Waals surface area contributed by atoms with Gasteiger partial charge in [-0.3, -0.25) is 14.5 Å². The van der Waals surface area contributed by atoms with Crippen molar-refractivity contribution in [2.24, 2.45) is 0 Å². The lowest BCUT2D eigenvalue weighted by Crippen LogP contribution is -2.47. The van der Waals surface area contributed by atoms with Gasteiger partial charge in [0.05, 0.1) is 31.2 Å². The van der Waals surface area contributed by atoms with Crippen molar-refractivity contribution in [1.29, 1.82) is 0 Å². The molecular weight excluding hydrogens is 433 g/mol. The van der Waals surface area contributed by atoms with E-state index in [1.54, 1.807) is 0 Å². The van der Waals surface area contributed by atoms with Gasteiger partial charge in [-0.2, -0.15) is 13.2 Å². The van der Waals surface area contributed by atoms with E-state index in [-0.39, 0.29) is 22.7 Å². The molecule has 0 aliphatic carbocycles. The van der Waals surface area contributed by atoms with Gasteiger partial charge >= 0.3 is 12.1 Å². The second-order valence-electron chi connectivity index (χ2n) is 6.82. The third-order valence-corrected chi connectivity index (χ3v) is 4.72. The zero-order chi connectivity index (χ0) is 23.6. The van der Waals surface area contributed by atoms with Crippen molar-refractivity contribution >= 4 is 29.2 Å². The van der Waals surface area contributed by atoms with Gasteiger partial charge in [-0.05, 0) is 37.3 Å². The van der Waals surface area contributed by atoms with Crippen molar-refractivity contribution < 1.29 is 41.8 Å². The average molecular weight is 452 g/mol. The summed E-state index contributed by atoms with van der Waals surface area (Å²) in [5, 5.41) is 2.32. The molecule has 11 heteroatoms. The Bertz CT molecular complexity index is 1070. The topological polar surface area (TPSA) is 94.2 Å². The standard InChI is InChI=1S/C21H19F3N2O6/c1-11(32-20(29)14-6-5-13(30-2)9-17(14)31-3)19(28)26-10-18(27)25-15-8-12(21(22,23)24)4-7-16(15)26/h4-9,11H,10H2,1-3H3,(H,25,27). The number of nitrogens with one attached hydrogen (secondary N) is 1. The van der Waals surface area contributed by atoms with Crippen LogP contribution >= 0.6 is 0 Å². The molecule has 1 atom stereocenters. The molecule has 1 aliphatic heterocycles. The maximum Gasteiger partial charge on any atom is 0.416 e. The minimum absolute atomic E-state index is 0.0413. The molecule has 1 heterocycles. The minimum atomic E-state index is -4.62. The number of ether oxygens (including phenoxy) is 3. The predicted molar refractivity (Wildman–Crippen MR) is 107 cm³/mol. The fourth-order valence-corrected chi connectivity index (χ4v) is 3.12. The number of alkyl halides is 3. The lowest BCUT2D eigenvalue weighted by molar-refractivity contribution is -0.137. The highest BCUT2D eigenvalue weighted by atomic mass is 19.4. The quantitative estimate of drug-likeness (QED) is 0.700. The molecule has 2 amide bonds. The smallest absolute Gasteiger partial charge is 0.416 e. The molecule has 8 nitrogen and oxygen atoms in total. The number of carbonyl (C=O) groups is 3. The van der Waals surface area contributed by atoms with Gasteiger partial charge in [-0.1, -0.05) is 0 Å². The molecule has 1 aliphatic rings. The summed E-state index contributed by atoms with van der Waals surface area (Å²) < 4.78 is 54.4. The lowest BCUT2D eigenvalue weighted by Gasteiger charge is -2.31. The van der Waals surface area contributed by atoms with E-state index in [1.807, 2.05) is 0 Å². The molecule has 0 saturated carbocycles. The number of methoxy groups -OCH3 is 2. The number of carbonyl (C=O) groups excluding carboxylic acids is 3. The number of nitrogens with zero attached hydrogens (tertiary/aromatic N) is 1. The van der Waals surface area contributed by atoms with Gasteiger partial charge in [0, 0.05) is 6.07 Å². The maximum atomic E-state index is 13.0. The first-order valence-corrected chi connectivity index (χ1v) is 9.30. The van der Waals surface area contributed by atoms with Crippen molar-refractivity contribution in [2.45, 2.75) is 19.2 Å². The molecule has 0 radical (unpaired) electrons. The number of halogens is 3. The molecule has 0 bridgehead atoms. The summed E-state index contributed by atoms with van der Waals surface area (Å²) in [6, 6.07) is 7.00. The second kappa shape index (κ2) is 8.77. The van der Waals surface area contributed by atoms with E-state index in [2.05, 4.69) is 5.32 Å². The molecule has 0 saturated heterocycles. The molecule has 32 heavy (non-hydrogen) atoms. The lowest BCUT2D eigenvalue weighted by atomic mass is 10.1. The molecule has 0 aromatic heterocycles. The monoisotopic (exact) mass is 452 g/mol. The zero-order valence-electron chi connectivity index (χ0n) is 17.3. The van der Waals surface area contributed by atoms with Crippen LogP contribution in [-0.2, 0) is 20.5 Å². The zero-order valence-corrected chi connectivity index (χ0v) is 17.3. The summed E-state index contributed by atoms with van der Waals surface area (Å²) in [7, 11) is 2.79. The van der Waals surface area contributed by atoms with Gasteiger partial charge in [-0.15, -0.1) is 0 Å². The average Bonchev–Trinajstić information content (AvgIpc) is 2.76. The van der Waals surface area contributed by atoms with Crippen LogP contribution in [-0.4, -0.2) is 44.7 Å². The Balaban J connectivity index is 1.82. The van der Waals surface area contributed by atoms with Crippen LogP contribution in [0.3, 0.4) is 0 Å². The van der Waals surface area contributed by atoms with Crippen molar-refractivity contribution in [3.8, 4) is 11.5 Å². The fraction of sp³-hybridized carbons (Fsp3) is 0.286. The number of fused-ring (bicyclic) bond motifs is 1. The fourth-order valence-electron chi connectivity index (χ4n) is 3.12. The number of amides is 2. The molecule has 0 fully saturated rings. The van der Waals surface area contributed by atoms with Crippen LogP contribution in [0, 0.1) is 0 Å². The molecular formula is C21H19F3N2O6. The van der Waals surface area contributed by atoms with Crippen LogP contribution in [0.25, 0.3) is 0 Å². The van der Waals surface area contributed by atoms with Gasteiger partial charge in [0.25, 0.3) is 5.91 Å². The van der Waals surface area contributed by atoms with Crippen molar-refractivity contribution in [3.63, 3.8) is 0 Å². The second-order valence-corrected chi connectivity index (χ2v) is 6.82. The number of rotatable bonds is 5. The van der Waals surface area contributed by atoms with E-state index in [1.165, 1.54) is 39.3 Å². The molecule has 1 N–H and O–H groups in total. The summed E-state index contributed by atoms with van der Waals surface area (Å²) >= 11 is 0. The highest BCUT2D eigenvalue weighted by molar-refractivity contribution is 6.11. The van der Waals surface area contributed by atoms with E-state index in [0.29, 0.717) is 5.75 Å². The molecule has 2 aromatic carbocycles. The summed E-state index contributed by atoms with van der Waals surface area (Å²) in [6.45, 7) is 0.859. The van der Waals surface area contributed by atoms with Crippen molar-refractivity contribution in [1.82, 2.24) is 0 Å². The highest BCUT2D eigenvalue weighted by Gasteiger charge is 2.36. The molecule has 1 unspecified atom stereocenters. The van der Waals surface area contributed by atoms with Crippen LogP contribution in [0.4, 0.5) is 24.5 Å². The van der Waals surface area contributed by atoms with Gasteiger partial charge < -0.3 is 19.5 Å². The third kappa shape index (κ3) is 4.61. The van der Waals surface area contributed by atoms with Crippen LogP contribution < -0.4 is 19.7 Å². The molecule has 170 valence electrons. The number of esters is 1. The Morgan fingerprint density at radius 2 is 1.81 bits per heavy atom. The van der Waals surface area contributed by atoms with Crippen molar-refractivity contribution in [2.75, 3.05) is 31.0 Å². The van der Waals surface area contributed by atoms with Gasteiger partial charge in [0.15, 0.2) is 6.10 Å². The molecule has 0 spiro atoms. The van der Waals surface area contributed by atoms with Crippen LogP contribution in [0.1, 0.15) is 22.8 Å². The van der Waals surface area contributed by atoms with Crippen LogP contribution in [0.15, 0.2) is 36.4 Å². The Morgan fingerprint density at radius 3 is 2.44 bits per heavy atom. The van der Waals surface area contributed by atoms with Crippen LogP contribution in [0.5, 0.6) is 11.5 Å². The molecule has 2 aromatic rings. The Labute approximate surface area is 180 Å². The van der Waals surface area contributed by atoms with E-state index >= 15 is 0 Å². The largest absolute Gasteiger partial charge is 0.497 e. The summed E-state index contributed by atoms with van der Waals surface area (Å²) in [6.07, 6.45) is -5.96. The first-order valence-electron chi connectivity index (χ1n) is 9.30. The first-order chi connectivity index (χ1) is 15.0. The summed E-state index contributed by atoms with van der Waals surface area (Å²) in [5.41, 5.74) is -1.04. The van der Waals surface area contributed by atoms with Crippen LogP contribution in [0.2, 0.25) is 0 Å². The number of benzene rings is 2. The minimum Gasteiger partial charge on any atom is -0.497 e. The number of hydrogen-bond acceptors (Lipinski definition) is 6. The maximum absolute atomic E-state index is 13.0. The molecule has 3 rings (SSSR count). The Morgan fingerprint density at radius 1 is 1.09 bits per heavy atom. The van der Waals surface area contributed by atoms with Gasteiger partial charge in [-0.25, -0.2) is 4.79 Å². The normalized spacial score (nSPS) is 14.2. The summed E-state index contributed by atoms with van der Waals surface area (Å²) in [4.78, 5) is 38.4. The Kier molecular flexibility index (Phi) is 6.28. The third-order valence-electron chi connectivity index (χ3n) is 4.72. The SMILES string of the molecule is COc1ccc(C(=O)OC(C)C(=O)N2CC(=O)Nc3cc(C(F)(F)F)ccc32)c(OC)c1. The first kappa shape index (κ1) is 22.9. The van der Waals surface area contributed by atoms with Crippen molar-refractivity contribution in [3.05, 3.63) is 47.5 Å². The van der Waals surface area contributed by atoms with E-state index in [0.717, 1.165) is 23.1 Å². The van der Waals surface area contributed by atoms with Gasteiger partial charge in [0.1, 0.15) is 23.6 Å². The summed E-state index contributed by atoms with van der Waals surface area (Å²) in [5.74, 6) is -1.71. The highest BCUT2D eigenvalue weighted by Crippen LogP contribution is 2.37. The van der Waals surface area contributed by atoms with E-state index in [4.69, 9.17) is 14.2 Å². The van der Waals surface area contributed by atoms with Gasteiger partial charge in [0.2, 0.25) is 5.91 Å². The number of anilines is 2.